The Morgan fingerprint density at radius 2 is 2.22 bits per heavy atom. The molecule has 23 heavy (non-hydrogen) atoms. The molecule has 1 aliphatic rings. The van der Waals surface area contributed by atoms with Crippen molar-refractivity contribution >= 4 is 11.8 Å². The number of hydrogen-bond donors (Lipinski definition) is 1. The van der Waals surface area contributed by atoms with Gasteiger partial charge in [-0.15, -0.1) is 0 Å². The first-order chi connectivity index (χ1) is 11.1. The van der Waals surface area contributed by atoms with Gasteiger partial charge in [-0.05, 0) is 43.2 Å². The largest absolute Gasteiger partial charge is 0.467 e. The van der Waals surface area contributed by atoms with E-state index in [-0.39, 0.29) is 17.9 Å². The summed E-state index contributed by atoms with van der Waals surface area (Å²) in [5.41, 5.74) is 0.982. The number of pyridine rings is 1. The van der Waals surface area contributed by atoms with E-state index in [1.807, 2.05) is 19.1 Å². The van der Waals surface area contributed by atoms with Crippen molar-refractivity contribution in [2.75, 3.05) is 0 Å². The summed E-state index contributed by atoms with van der Waals surface area (Å²) >= 11 is 0. The normalized spacial score (nSPS) is 18.9. The lowest BCUT2D eigenvalue weighted by molar-refractivity contribution is -0.136. The van der Waals surface area contributed by atoms with Crippen LogP contribution in [0.5, 0.6) is 0 Å². The predicted octanol–water partition coefficient (Wildman–Crippen LogP) is 2.04. The second kappa shape index (κ2) is 6.64. The third kappa shape index (κ3) is 3.41. The molecule has 2 atom stereocenters. The molecule has 0 aliphatic carbocycles. The van der Waals surface area contributed by atoms with Gasteiger partial charge in [0.2, 0.25) is 11.8 Å². The van der Waals surface area contributed by atoms with Gasteiger partial charge >= 0.3 is 0 Å². The Hall–Kier alpha value is -2.63. The summed E-state index contributed by atoms with van der Waals surface area (Å²) in [6.45, 7) is 2.24. The van der Waals surface area contributed by atoms with Crippen molar-refractivity contribution in [3.63, 3.8) is 0 Å². The Bertz CT molecular complexity index is 670. The highest BCUT2D eigenvalue weighted by atomic mass is 16.3. The minimum atomic E-state index is -0.447. The van der Waals surface area contributed by atoms with Crippen molar-refractivity contribution in [3.05, 3.63) is 54.2 Å². The van der Waals surface area contributed by atoms with E-state index in [9.17, 15) is 9.59 Å². The molecule has 3 heterocycles. The second-order valence-electron chi connectivity index (χ2n) is 5.67. The molecule has 1 fully saturated rings. The SMILES string of the molecule is CC(NC(=O)C1CCC(=O)N1Cc1ccco1)c1ccncc1. The monoisotopic (exact) mass is 313 g/mol. The molecule has 1 saturated heterocycles. The van der Waals surface area contributed by atoms with Gasteiger partial charge in [0.1, 0.15) is 11.8 Å². The number of likely N-dealkylation sites (tertiary alicyclic amines) is 1. The van der Waals surface area contributed by atoms with Crippen LogP contribution in [-0.2, 0) is 16.1 Å². The summed E-state index contributed by atoms with van der Waals surface area (Å²) in [5, 5.41) is 2.98. The number of aromatic nitrogens is 1. The zero-order valence-electron chi connectivity index (χ0n) is 12.9. The van der Waals surface area contributed by atoms with E-state index in [2.05, 4.69) is 10.3 Å². The van der Waals surface area contributed by atoms with Crippen molar-refractivity contribution in [3.8, 4) is 0 Å². The maximum absolute atomic E-state index is 12.6. The van der Waals surface area contributed by atoms with Crippen LogP contribution in [0.4, 0.5) is 0 Å². The van der Waals surface area contributed by atoms with Crippen LogP contribution in [0.25, 0.3) is 0 Å². The van der Waals surface area contributed by atoms with Crippen molar-refractivity contribution in [2.24, 2.45) is 0 Å². The van der Waals surface area contributed by atoms with Crippen molar-refractivity contribution < 1.29 is 14.0 Å². The standard InChI is InChI=1S/C17H19N3O3/c1-12(13-6-8-18-9-7-13)19-17(22)15-4-5-16(21)20(15)11-14-3-2-10-23-14/h2-3,6-10,12,15H,4-5,11H2,1H3,(H,19,22). The number of carbonyl (C=O) groups is 2. The second-order valence-corrected chi connectivity index (χ2v) is 5.67. The molecule has 1 N–H and O–H groups in total. The van der Waals surface area contributed by atoms with Gasteiger partial charge in [-0.1, -0.05) is 0 Å². The molecule has 0 radical (unpaired) electrons. The van der Waals surface area contributed by atoms with E-state index in [0.717, 1.165) is 5.56 Å². The van der Waals surface area contributed by atoms with E-state index in [1.54, 1.807) is 35.7 Å². The number of rotatable bonds is 5. The van der Waals surface area contributed by atoms with E-state index in [1.165, 1.54) is 0 Å². The van der Waals surface area contributed by atoms with Gasteiger partial charge in [-0.25, -0.2) is 0 Å². The lowest BCUT2D eigenvalue weighted by Gasteiger charge is -2.25. The molecule has 2 unspecified atom stereocenters. The molecule has 6 heteroatoms. The lowest BCUT2D eigenvalue weighted by atomic mass is 10.1. The van der Waals surface area contributed by atoms with Crippen molar-refractivity contribution in [1.29, 1.82) is 0 Å². The summed E-state index contributed by atoms with van der Waals surface area (Å²) in [7, 11) is 0. The highest BCUT2D eigenvalue weighted by Gasteiger charge is 2.36. The molecule has 0 bridgehead atoms. The van der Waals surface area contributed by atoms with Crippen LogP contribution >= 0.6 is 0 Å². The smallest absolute Gasteiger partial charge is 0.243 e. The summed E-state index contributed by atoms with van der Waals surface area (Å²) < 4.78 is 5.29. The van der Waals surface area contributed by atoms with E-state index in [4.69, 9.17) is 4.42 Å². The summed E-state index contributed by atoms with van der Waals surface area (Å²) in [4.78, 5) is 30.2. The Balaban J connectivity index is 1.67. The highest BCUT2D eigenvalue weighted by Crippen LogP contribution is 2.23. The molecule has 0 saturated carbocycles. The van der Waals surface area contributed by atoms with Crippen LogP contribution in [0.2, 0.25) is 0 Å². The van der Waals surface area contributed by atoms with Gasteiger partial charge in [-0.2, -0.15) is 0 Å². The van der Waals surface area contributed by atoms with Gasteiger partial charge < -0.3 is 14.6 Å². The average molecular weight is 313 g/mol. The predicted molar refractivity (Wildman–Crippen MR) is 83.1 cm³/mol. The third-order valence-electron chi connectivity index (χ3n) is 4.10. The van der Waals surface area contributed by atoms with E-state index in [0.29, 0.717) is 25.1 Å². The first kappa shape index (κ1) is 15.3. The molecule has 120 valence electrons. The van der Waals surface area contributed by atoms with Crippen LogP contribution in [0.3, 0.4) is 0 Å². The molecule has 2 amide bonds. The third-order valence-corrected chi connectivity index (χ3v) is 4.10. The van der Waals surface area contributed by atoms with E-state index < -0.39 is 6.04 Å². The van der Waals surface area contributed by atoms with Crippen LogP contribution in [0.1, 0.15) is 37.1 Å². The van der Waals surface area contributed by atoms with Crippen LogP contribution < -0.4 is 5.32 Å². The highest BCUT2D eigenvalue weighted by molar-refractivity contribution is 5.91. The molecule has 0 spiro atoms. The van der Waals surface area contributed by atoms with Gasteiger partial charge in [0.15, 0.2) is 0 Å². The Labute approximate surface area is 134 Å². The van der Waals surface area contributed by atoms with Crippen molar-refractivity contribution in [2.45, 2.75) is 38.4 Å². The number of furan rings is 1. The number of hydrogen-bond acceptors (Lipinski definition) is 4. The lowest BCUT2D eigenvalue weighted by Crippen LogP contribution is -2.44. The minimum Gasteiger partial charge on any atom is -0.467 e. The Morgan fingerprint density at radius 3 is 2.91 bits per heavy atom. The Kier molecular flexibility index (Phi) is 4.41. The topological polar surface area (TPSA) is 75.4 Å². The van der Waals surface area contributed by atoms with Crippen LogP contribution in [0.15, 0.2) is 47.3 Å². The summed E-state index contributed by atoms with van der Waals surface area (Å²) in [6, 6.07) is 6.73. The molecule has 1 aliphatic heterocycles. The Morgan fingerprint density at radius 1 is 1.43 bits per heavy atom. The molecule has 3 rings (SSSR count). The van der Waals surface area contributed by atoms with Crippen LogP contribution in [0, 0.1) is 0 Å². The summed E-state index contributed by atoms with van der Waals surface area (Å²) in [6.07, 6.45) is 5.88. The number of nitrogens with one attached hydrogen (secondary N) is 1. The minimum absolute atomic E-state index is 0.0156. The van der Waals surface area contributed by atoms with E-state index >= 15 is 0 Å². The van der Waals surface area contributed by atoms with Gasteiger partial charge in [0.25, 0.3) is 0 Å². The van der Waals surface area contributed by atoms with Crippen LogP contribution in [-0.4, -0.2) is 27.7 Å². The average Bonchev–Trinajstić information content (AvgIpc) is 3.19. The van der Waals surface area contributed by atoms with Gasteiger partial charge in [0, 0.05) is 18.8 Å². The zero-order chi connectivity index (χ0) is 16.2. The molecule has 6 nitrogen and oxygen atoms in total. The fourth-order valence-corrected chi connectivity index (χ4v) is 2.82. The van der Waals surface area contributed by atoms with Crippen molar-refractivity contribution in [1.82, 2.24) is 15.2 Å². The first-order valence-corrected chi connectivity index (χ1v) is 7.67. The zero-order valence-corrected chi connectivity index (χ0v) is 12.9. The molecule has 2 aromatic heterocycles. The van der Waals surface area contributed by atoms with Gasteiger partial charge in [-0.3, -0.25) is 14.6 Å². The molecule has 2 aromatic rings. The first-order valence-electron chi connectivity index (χ1n) is 7.67. The molecule has 0 aromatic carbocycles. The fraction of sp³-hybridized carbons (Fsp3) is 0.353. The maximum Gasteiger partial charge on any atom is 0.243 e. The number of amides is 2. The number of nitrogens with zero attached hydrogens (tertiary/aromatic N) is 2. The quantitative estimate of drug-likeness (QED) is 0.916. The number of carbonyl (C=O) groups excluding carboxylic acids is 2. The molecular formula is C17H19N3O3. The fourth-order valence-electron chi connectivity index (χ4n) is 2.82. The van der Waals surface area contributed by atoms with Gasteiger partial charge in [0.05, 0.1) is 18.8 Å². The summed E-state index contributed by atoms with van der Waals surface area (Å²) in [5.74, 6) is 0.532. The maximum atomic E-state index is 12.6. The molecular weight excluding hydrogens is 294 g/mol.